The van der Waals surface area contributed by atoms with Crippen LogP contribution in [0.1, 0.15) is 10.6 Å². The summed E-state index contributed by atoms with van der Waals surface area (Å²) in [5.41, 5.74) is 2.60. The fraction of sp³-hybridized carbons (Fsp3) is 0.167. The van der Waals surface area contributed by atoms with Crippen LogP contribution < -0.4 is 15.6 Å². The second-order valence-corrected chi connectivity index (χ2v) is 8.69. The van der Waals surface area contributed by atoms with E-state index in [1.807, 2.05) is 55.5 Å². The van der Waals surface area contributed by atoms with E-state index in [2.05, 4.69) is 15.4 Å². The molecule has 168 valence electrons. The fourth-order valence-electron chi connectivity index (χ4n) is 3.27. The van der Waals surface area contributed by atoms with Gasteiger partial charge in [-0.05, 0) is 31.2 Å². The van der Waals surface area contributed by atoms with Crippen LogP contribution in [0.5, 0.6) is 5.75 Å². The Morgan fingerprint density at radius 3 is 2.58 bits per heavy atom. The standard InChI is InChI=1S/C24H21ClN4O3S/c1-15-21(33-24(27-15)16-7-3-5-9-18(16)25)13-26-22(30)14-29-23(31)12-11-19(28-29)17-8-4-6-10-20(17)32-2/h3-12H,13-14H2,1-2H3,(H,26,30). The summed E-state index contributed by atoms with van der Waals surface area (Å²) in [5, 5.41) is 8.63. The lowest BCUT2D eigenvalue weighted by Crippen LogP contribution is -2.33. The third-order valence-electron chi connectivity index (χ3n) is 4.99. The van der Waals surface area contributed by atoms with Crippen molar-refractivity contribution in [1.82, 2.24) is 20.1 Å². The van der Waals surface area contributed by atoms with E-state index in [1.54, 1.807) is 13.2 Å². The number of methoxy groups -OCH3 is 1. The molecule has 2 heterocycles. The molecule has 0 atom stereocenters. The van der Waals surface area contributed by atoms with E-state index >= 15 is 0 Å². The molecule has 2 aromatic carbocycles. The van der Waals surface area contributed by atoms with E-state index < -0.39 is 0 Å². The number of hydrogen-bond donors (Lipinski definition) is 1. The van der Waals surface area contributed by atoms with Crippen LogP contribution in [-0.2, 0) is 17.9 Å². The number of benzene rings is 2. The highest BCUT2D eigenvalue weighted by Gasteiger charge is 2.14. The van der Waals surface area contributed by atoms with Crippen molar-refractivity contribution in [2.24, 2.45) is 0 Å². The summed E-state index contributed by atoms with van der Waals surface area (Å²) in [4.78, 5) is 30.4. The van der Waals surface area contributed by atoms with Crippen molar-refractivity contribution < 1.29 is 9.53 Å². The van der Waals surface area contributed by atoms with Gasteiger partial charge in [0, 0.05) is 22.1 Å². The van der Waals surface area contributed by atoms with Gasteiger partial charge in [-0.3, -0.25) is 9.59 Å². The van der Waals surface area contributed by atoms with Crippen molar-refractivity contribution in [2.45, 2.75) is 20.0 Å². The van der Waals surface area contributed by atoms with Crippen LogP contribution in [0.2, 0.25) is 5.02 Å². The van der Waals surface area contributed by atoms with Gasteiger partial charge in [0.25, 0.3) is 5.56 Å². The zero-order valence-electron chi connectivity index (χ0n) is 18.0. The zero-order chi connectivity index (χ0) is 23.4. The molecule has 4 aromatic rings. The molecule has 1 N–H and O–H groups in total. The SMILES string of the molecule is COc1ccccc1-c1ccc(=O)n(CC(=O)NCc2sc(-c3ccccc3Cl)nc2C)n1. The van der Waals surface area contributed by atoms with Gasteiger partial charge in [-0.2, -0.15) is 5.10 Å². The average molecular weight is 481 g/mol. The molecule has 0 radical (unpaired) electrons. The number of aromatic nitrogens is 3. The molecule has 7 nitrogen and oxygen atoms in total. The number of rotatable bonds is 7. The predicted molar refractivity (Wildman–Crippen MR) is 130 cm³/mol. The summed E-state index contributed by atoms with van der Waals surface area (Å²) in [6, 6.07) is 17.9. The molecule has 0 saturated heterocycles. The fourth-order valence-corrected chi connectivity index (χ4v) is 4.60. The first-order valence-electron chi connectivity index (χ1n) is 10.2. The number of aryl methyl sites for hydroxylation is 1. The highest BCUT2D eigenvalue weighted by molar-refractivity contribution is 7.15. The third kappa shape index (κ3) is 5.13. The van der Waals surface area contributed by atoms with Gasteiger partial charge < -0.3 is 10.1 Å². The van der Waals surface area contributed by atoms with E-state index in [-0.39, 0.29) is 18.0 Å². The van der Waals surface area contributed by atoms with Gasteiger partial charge in [0.2, 0.25) is 5.91 Å². The summed E-state index contributed by atoms with van der Waals surface area (Å²) in [5.74, 6) is 0.309. The lowest BCUT2D eigenvalue weighted by molar-refractivity contribution is -0.122. The third-order valence-corrected chi connectivity index (χ3v) is 6.51. The largest absolute Gasteiger partial charge is 0.496 e. The topological polar surface area (TPSA) is 86.1 Å². The number of amides is 1. The summed E-state index contributed by atoms with van der Waals surface area (Å²) in [6.07, 6.45) is 0. The minimum absolute atomic E-state index is 0.197. The molecule has 0 spiro atoms. The summed E-state index contributed by atoms with van der Waals surface area (Å²) in [7, 11) is 1.57. The van der Waals surface area contributed by atoms with E-state index in [9.17, 15) is 9.59 Å². The van der Waals surface area contributed by atoms with Gasteiger partial charge in [-0.1, -0.05) is 41.9 Å². The van der Waals surface area contributed by atoms with Crippen LogP contribution in [-0.4, -0.2) is 27.8 Å². The number of para-hydroxylation sites is 1. The normalized spacial score (nSPS) is 10.8. The molecule has 1 amide bonds. The zero-order valence-corrected chi connectivity index (χ0v) is 19.6. The molecule has 0 saturated carbocycles. The highest BCUT2D eigenvalue weighted by atomic mass is 35.5. The molecule has 0 aliphatic carbocycles. The van der Waals surface area contributed by atoms with E-state index in [0.29, 0.717) is 23.0 Å². The smallest absolute Gasteiger partial charge is 0.267 e. The van der Waals surface area contributed by atoms with Crippen LogP contribution in [0.25, 0.3) is 21.8 Å². The van der Waals surface area contributed by atoms with Gasteiger partial charge in [-0.15, -0.1) is 11.3 Å². The van der Waals surface area contributed by atoms with Crippen LogP contribution in [0.3, 0.4) is 0 Å². The minimum Gasteiger partial charge on any atom is -0.496 e. The molecule has 33 heavy (non-hydrogen) atoms. The average Bonchev–Trinajstić information content (AvgIpc) is 3.19. The van der Waals surface area contributed by atoms with Crippen molar-refractivity contribution in [3.63, 3.8) is 0 Å². The van der Waals surface area contributed by atoms with Crippen molar-refractivity contribution in [3.8, 4) is 27.6 Å². The predicted octanol–water partition coefficient (Wildman–Crippen LogP) is 4.32. The number of thiazole rings is 1. The first kappa shape index (κ1) is 22.7. The van der Waals surface area contributed by atoms with Crippen LogP contribution >= 0.6 is 22.9 Å². The number of nitrogens with one attached hydrogen (secondary N) is 1. The molecular weight excluding hydrogens is 460 g/mol. The van der Waals surface area contributed by atoms with Gasteiger partial charge in [-0.25, -0.2) is 9.67 Å². The maximum atomic E-state index is 12.6. The van der Waals surface area contributed by atoms with Crippen LogP contribution in [0.15, 0.2) is 65.5 Å². The number of halogens is 1. The number of carbonyl (C=O) groups excluding carboxylic acids is 1. The monoisotopic (exact) mass is 480 g/mol. The highest BCUT2D eigenvalue weighted by Crippen LogP contribution is 2.32. The molecule has 2 aromatic heterocycles. The van der Waals surface area contributed by atoms with Gasteiger partial charge >= 0.3 is 0 Å². The molecule has 0 unspecified atom stereocenters. The summed E-state index contributed by atoms with van der Waals surface area (Å²) in [6.45, 7) is 1.99. The van der Waals surface area contributed by atoms with Crippen molar-refractivity contribution in [1.29, 1.82) is 0 Å². The van der Waals surface area contributed by atoms with Crippen LogP contribution in [0, 0.1) is 6.92 Å². The Kier molecular flexibility index (Phi) is 6.86. The Hall–Kier alpha value is -3.49. The van der Waals surface area contributed by atoms with Gasteiger partial charge in [0.1, 0.15) is 17.3 Å². The number of nitrogens with zero attached hydrogens (tertiary/aromatic N) is 3. The minimum atomic E-state index is -0.362. The number of ether oxygens (including phenoxy) is 1. The maximum absolute atomic E-state index is 12.6. The molecule has 9 heteroatoms. The molecule has 0 bridgehead atoms. The summed E-state index contributed by atoms with van der Waals surface area (Å²) >= 11 is 7.75. The number of carbonyl (C=O) groups is 1. The lowest BCUT2D eigenvalue weighted by atomic mass is 10.1. The summed E-state index contributed by atoms with van der Waals surface area (Å²) < 4.78 is 6.52. The Morgan fingerprint density at radius 2 is 1.82 bits per heavy atom. The van der Waals surface area contributed by atoms with Gasteiger partial charge in [0.05, 0.1) is 30.1 Å². The second kappa shape index (κ2) is 9.97. The van der Waals surface area contributed by atoms with Crippen molar-refractivity contribution in [2.75, 3.05) is 7.11 Å². The first-order chi connectivity index (χ1) is 16.0. The van der Waals surface area contributed by atoms with Crippen molar-refractivity contribution >= 4 is 28.8 Å². The first-order valence-corrected chi connectivity index (χ1v) is 11.3. The quantitative estimate of drug-likeness (QED) is 0.425. The lowest BCUT2D eigenvalue weighted by Gasteiger charge is -2.10. The Balaban J connectivity index is 1.47. The molecule has 0 aliphatic heterocycles. The van der Waals surface area contributed by atoms with E-state index in [4.69, 9.17) is 16.3 Å². The molecule has 0 fully saturated rings. The van der Waals surface area contributed by atoms with Gasteiger partial charge in [0.15, 0.2) is 0 Å². The second-order valence-electron chi connectivity index (χ2n) is 7.20. The van der Waals surface area contributed by atoms with E-state index in [0.717, 1.165) is 31.4 Å². The molecule has 4 rings (SSSR count). The molecular formula is C24H21ClN4O3S. The Bertz CT molecular complexity index is 1370. The Morgan fingerprint density at radius 1 is 1.09 bits per heavy atom. The van der Waals surface area contributed by atoms with E-state index in [1.165, 1.54) is 17.4 Å². The van der Waals surface area contributed by atoms with Crippen molar-refractivity contribution in [3.05, 3.63) is 86.6 Å². The Labute approximate surface area is 199 Å². The maximum Gasteiger partial charge on any atom is 0.267 e. The van der Waals surface area contributed by atoms with Crippen LogP contribution in [0.4, 0.5) is 0 Å². The molecule has 0 aliphatic rings. The number of hydrogen-bond acceptors (Lipinski definition) is 6.